The zero-order valence-corrected chi connectivity index (χ0v) is 22.5. The second-order valence-corrected chi connectivity index (χ2v) is 10.0. The highest BCUT2D eigenvalue weighted by Crippen LogP contribution is 2.29. The number of hydrogen-bond acceptors (Lipinski definition) is 5. The first-order valence-corrected chi connectivity index (χ1v) is 13.0. The Morgan fingerprint density at radius 2 is 1.85 bits per heavy atom. The quantitative estimate of drug-likeness (QED) is 0.182. The first-order valence-electron chi connectivity index (χ1n) is 11.9. The van der Waals surface area contributed by atoms with Crippen molar-refractivity contribution in [2.45, 2.75) is 6.61 Å². The summed E-state index contributed by atoms with van der Waals surface area (Å²) in [6, 6.07) is 25.8. The zero-order chi connectivity index (χ0) is 26.9. The molecule has 0 saturated heterocycles. The van der Waals surface area contributed by atoms with E-state index in [1.807, 2.05) is 12.1 Å². The third-order valence-corrected chi connectivity index (χ3v) is 6.81. The van der Waals surface area contributed by atoms with Crippen molar-refractivity contribution >= 4 is 55.6 Å². The van der Waals surface area contributed by atoms with Gasteiger partial charge in [-0.3, -0.25) is 4.79 Å². The molecule has 0 N–H and O–H groups in total. The van der Waals surface area contributed by atoms with Crippen molar-refractivity contribution < 1.29 is 13.5 Å². The van der Waals surface area contributed by atoms with Crippen LogP contribution in [0.2, 0.25) is 5.02 Å². The summed E-state index contributed by atoms with van der Waals surface area (Å²) in [5, 5.41) is 6.26. The van der Waals surface area contributed by atoms with Gasteiger partial charge in [0, 0.05) is 26.0 Å². The Kier molecular flexibility index (Phi) is 6.72. The maximum absolute atomic E-state index is 14.1. The largest absolute Gasteiger partial charge is 0.488 e. The molecule has 0 fully saturated rings. The van der Waals surface area contributed by atoms with Crippen LogP contribution in [0.4, 0.5) is 4.39 Å². The molecule has 0 atom stereocenters. The highest BCUT2D eigenvalue weighted by molar-refractivity contribution is 9.10. The van der Waals surface area contributed by atoms with Gasteiger partial charge in [-0.05, 0) is 60.7 Å². The van der Waals surface area contributed by atoms with E-state index < -0.39 is 0 Å². The summed E-state index contributed by atoms with van der Waals surface area (Å²) in [4.78, 5) is 18.3. The molecule has 6 rings (SSSR count). The number of nitrogens with zero attached hydrogens (tertiary/aromatic N) is 3. The van der Waals surface area contributed by atoms with Crippen LogP contribution in [0.5, 0.6) is 5.75 Å². The van der Waals surface area contributed by atoms with Crippen molar-refractivity contribution in [2.75, 3.05) is 0 Å². The van der Waals surface area contributed by atoms with Gasteiger partial charge >= 0.3 is 0 Å². The Balaban J connectivity index is 1.45. The van der Waals surface area contributed by atoms with Gasteiger partial charge in [0.05, 0.1) is 17.1 Å². The first-order chi connectivity index (χ1) is 19.0. The van der Waals surface area contributed by atoms with Crippen molar-refractivity contribution in [2.24, 2.45) is 5.10 Å². The van der Waals surface area contributed by atoms with Crippen LogP contribution in [0, 0.1) is 5.82 Å². The number of aromatic nitrogens is 2. The van der Waals surface area contributed by atoms with E-state index in [0.717, 1.165) is 9.86 Å². The van der Waals surface area contributed by atoms with E-state index in [0.29, 0.717) is 44.1 Å². The molecule has 0 aliphatic carbocycles. The number of furan rings is 1. The van der Waals surface area contributed by atoms with Crippen LogP contribution in [-0.4, -0.2) is 15.9 Å². The fraction of sp³-hybridized carbons (Fsp3) is 0.0333. The number of ether oxygens (including phenoxy) is 1. The Hall–Kier alpha value is -4.27. The first kappa shape index (κ1) is 25.0. The third kappa shape index (κ3) is 5.08. The summed E-state index contributed by atoms with van der Waals surface area (Å²) in [5.41, 5.74) is 1.74. The predicted molar refractivity (Wildman–Crippen MR) is 154 cm³/mol. The Morgan fingerprint density at radius 1 is 1.03 bits per heavy atom. The lowest BCUT2D eigenvalue weighted by Gasteiger charge is -2.11. The number of benzene rings is 4. The zero-order valence-electron chi connectivity index (χ0n) is 20.1. The summed E-state index contributed by atoms with van der Waals surface area (Å²) in [5.74, 6) is 0.700. The molecule has 39 heavy (non-hydrogen) atoms. The second-order valence-electron chi connectivity index (χ2n) is 8.67. The van der Waals surface area contributed by atoms with Crippen LogP contribution >= 0.6 is 27.5 Å². The second kappa shape index (κ2) is 10.5. The third-order valence-electron chi connectivity index (χ3n) is 6.08. The van der Waals surface area contributed by atoms with Crippen molar-refractivity contribution in [3.8, 4) is 17.3 Å². The Bertz CT molecular complexity index is 1950. The van der Waals surface area contributed by atoms with E-state index in [1.165, 1.54) is 17.0 Å². The fourth-order valence-electron chi connectivity index (χ4n) is 4.16. The van der Waals surface area contributed by atoms with E-state index in [-0.39, 0.29) is 23.8 Å². The normalized spacial score (nSPS) is 11.6. The van der Waals surface area contributed by atoms with Gasteiger partial charge in [0.2, 0.25) is 5.82 Å². The molecule has 2 aromatic heterocycles. The van der Waals surface area contributed by atoms with E-state index in [9.17, 15) is 9.18 Å². The highest BCUT2D eigenvalue weighted by Gasteiger charge is 2.17. The fourth-order valence-corrected chi connectivity index (χ4v) is 4.72. The maximum atomic E-state index is 14.1. The van der Waals surface area contributed by atoms with Crippen LogP contribution in [0.3, 0.4) is 0 Å². The maximum Gasteiger partial charge on any atom is 0.282 e. The van der Waals surface area contributed by atoms with Crippen molar-refractivity contribution in [1.82, 2.24) is 9.66 Å². The summed E-state index contributed by atoms with van der Waals surface area (Å²) in [6.07, 6.45) is 1.50. The minimum absolute atomic E-state index is 0.0272. The molecule has 0 unspecified atom stereocenters. The molecule has 6 aromatic rings. The molecule has 0 amide bonds. The van der Waals surface area contributed by atoms with Gasteiger partial charge in [-0.2, -0.15) is 9.78 Å². The molecule has 2 heterocycles. The molecule has 6 nitrogen and oxygen atoms in total. The number of para-hydroxylation sites is 1. The molecular weight excluding hydrogens is 585 g/mol. The van der Waals surface area contributed by atoms with Gasteiger partial charge in [-0.25, -0.2) is 9.37 Å². The lowest BCUT2D eigenvalue weighted by atomic mass is 10.2. The van der Waals surface area contributed by atoms with Gasteiger partial charge in [0.15, 0.2) is 5.76 Å². The number of halogens is 3. The molecule has 0 aliphatic heterocycles. The minimum atomic E-state index is -0.367. The summed E-state index contributed by atoms with van der Waals surface area (Å²) < 4.78 is 28.1. The van der Waals surface area contributed by atoms with Crippen molar-refractivity contribution in [3.63, 3.8) is 0 Å². The molecular formula is C30H18BrClFN3O3. The average molecular weight is 603 g/mol. The van der Waals surface area contributed by atoms with Crippen LogP contribution < -0.4 is 10.3 Å². The molecule has 0 radical (unpaired) electrons. The van der Waals surface area contributed by atoms with Crippen LogP contribution in [-0.2, 0) is 6.61 Å². The van der Waals surface area contributed by atoms with E-state index in [2.05, 4.69) is 21.0 Å². The molecule has 0 spiro atoms. The SMILES string of the molecule is O=c1c2ccccc2nc(-c2cc3cc(Cl)ccc3o2)n1N=Cc1cc(Br)ccc1OCc1ccccc1F. The van der Waals surface area contributed by atoms with Gasteiger partial charge < -0.3 is 9.15 Å². The van der Waals surface area contributed by atoms with Crippen molar-refractivity contribution in [1.29, 1.82) is 0 Å². The average Bonchev–Trinajstić information content (AvgIpc) is 3.36. The minimum Gasteiger partial charge on any atom is -0.488 e. The van der Waals surface area contributed by atoms with Crippen LogP contribution in [0.25, 0.3) is 33.5 Å². The molecule has 0 bridgehead atoms. The monoisotopic (exact) mass is 601 g/mol. The lowest BCUT2D eigenvalue weighted by Crippen LogP contribution is -2.20. The number of hydrogen-bond donors (Lipinski definition) is 0. The van der Waals surface area contributed by atoms with Crippen LogP contribution in [0.1, 0.15) is 11.1 Å². The Labute approximate surface area is 235 Å². The van der Waals surface area contributed by atoms with Crippen LogP contribution in [0.15, 0.2) is 110 Å². The predicted octanol–water partition coefficient (Wildman–Crippen LogP) is 7.83. The lowest BCUT2D eigenvalue weighted by molar-refractivity contribution is 0.299. The van der Waals surface area contributed by atoms with E-state index in [1.54, 1.807) is 72.8 Å². The molecule has 9 heteroatoms. The van der Waals surface area contributed by atoms with Crippen molar-refractivity contribution in [3.05, 3.63) is 128 Å². The Morgan fingerprint density at radius 3 is 2.72 bits per heavy atom. The molecule has 0 aliphatic rings. The number of rotatable bonds is 6. The van der Waals surface area contributed by atoms with E-state index >= 15 is 0 Å². The number of fused-ring (bicyclic) bond motifs is 2. The molecule has 192 valence electrons. The van der Waals surface area contributed by atoms with Gasteiger partial charge in [-0.1, -0.05) is 57.9 Å². The van der Waals surface area contributed by atoms with E-state index in [4.69, 9.17) is 25.7 Å². The summed E-state index contributed by atoms with van der Waals surface area (Å²) >= 11 is 9.62. The molecule has 4 aromatic carbocycles. The van der Waals surface area contributed by atoms with Gasteiger partial charge in [0.25, 0.3) is 5.56 Å². The standard InChI is InChI=1S/C30H18BrClFN3O3/c31-21-9-11-26(38-17-18-5-1-3-7-24(18)33)20(13-21)16-34-36-29(35-25-8-4-2-6-23(25)30(36)37)28-15-19-14-22(32)10-12-27(19)39-28/h1-16H,17H2. The van der Waals surface area contributed by atoms with Gasteiger partial charge in [0.1, 0.15) is 23.8 Å². The van der Waals surface area contributed by atoms with Gasteiger partial charge in [-0.15, -0.1) is 0 Å². The highest BCUT2D eigenvalue weighted by atomic mass is 79.9. The molecule has 0 saturated carbocycles. The topological polar surface area (TPSA) is 69.6 Å². The smallest absolute Gasteiger partial charge is 0.282 e. The summed E-state index contributed by atoms with van der Waals surface area (Å²) in [6.45, 7) is 0.0272. The summed E-state index contributed by atoms with van der Waals surface area (Å²) in [7, 11) is 0.